The first-order valence-corrected chi connectivity index (χ1v) is 5.06. The molecule has 0 aromatic carbocycles. The van der Waals surface area contributed by atoms with Gasteiger partial charge in [-0.2, -0.15) is 0 Å². The molecule has 1 aliphatic heterocycles. The molecular formula is C9H17N5. The molecule has 14 heavy (non-hydrogen) atoms. The second-order valence-electron chi connectivity index (χ2n) is 3.87. The minimum absolute atomic E-state index is 0.532. The maximum atomic E-state index is 4.09. The summed E-state index contributed by atoms with van der Waals surface area (Å²) >= 11 is 0. The normalized spacial score (nSPS) is 19.3. The molecule has 0 saturated carbocycles. The monoisotopic (exact) mass is 195 g/mol. The second kappa shape index (κ2) is 4.06. The standard InChI is InChI=1S/C9H17N5/c1-8(10-2)5-13-3-4-14-7-11-12-9(14)6-13/h7-8,10H,3-6H2,1-2H3. The van der Waals surface area contributed by atoms with Crippen LogP contribution in [0.25, 0.3) is 0 Å². The van der Waals surface area contributed by atoms with Crippen LogP contribution >= 0.6 is 0 Å². The van der Waals surface area contributed by atoms with Crippen LogP contribution in [0.1, 0.15) is 12.7 Å². The molecule has 0 radical (unpaired) electrons. The first-order valence-electron chi connectivity index (χ1n) is 5.06. The van der Waals surface area contributed by atoms with Gasteiger partial charge in [-0.15, -0.1) is 10.2 Å². The van der Waals surface area contributed by atoms with Gasteiger partial charge in [-0.25, -0.2) is 0 Å². The Morgan fingerprint density at radius 3 is 3.21 bits per heavy atom. The highest BCUT2D eigenvalue weighted by atomic mass is 15.3. The van der Waals surface area contributed by atoms with Crippen LogP contribution in [0.3, 0.4) is 0 Å². The summed E-state index contributed by atoms with van der Waals surface area (Å²) in [6.07, 6.45) is 1.81. The summed E-state index contributed by atoms with van der Waals surface area (Å²) in [6.45, 7) is 6.30. The van der Waals surface area contributed by atoms with Gasteiger partial charge in [0.1, 0.15) is 12.2 Å². The maximum absolute atomic E-state index is 4.09. The van der Waals surface area contributed by atoms with E-state index < -0.39 is 0 Å². The molecule has 1 aliphatic rings. The highest BCUT2D eigenvalue weighted by Crippen LogP contribution is 2.08. The minimum atomic E-state index is 0.532. The van der Waals surface area contributed by atoms with Crippen molar-refractivity contribution in [1.29, 1.82) is 0 Å². The molecule has 0 fully saturated rings. The van der Waals surface area contributed by atoms with Crippen LogP contribution in [0.15, 0.2) is 6.33 Å². The van der Waals surface area contributed by atoms with Crippen molar-refractivity contribution < 1.29 is 0 Å². The molecular weight excluding hydrogens is 178 g/mol. The van der Waals surface area contributed by atoms with Crippen LogP contribution in [0.5, 0.6) is 0 Å². The maximum Gasteiger partial charge on any atom is 0.147 e. The molecule has 0 amide bonds. The van der Waals surface area contributed by atoms with Crippen LogP contribution in [0.4, 0.5) is 0 Å². The molecule has 1 aromatic heterocycles. The third-order valence-corrected chi connectivity index (χ3v) is 2.74. The SMILES string of the molecule is CNC(C)CN1CCn2cnnc2C1. The van der Waals surface area contributed by atoms with Crippen molar-refractivity contribution in [3.8, 4) is 0 Å². The number of fused-ring (bicyclic) bond motifs is 1. The van der Waals surface area contributed by atoms with Gasteiger partial charge in [0.05, 0.1) is 6.54 Å². The van der Waals surface area contributed by atoms with Gasteiger partial charge >= 0.3 is 0 Å². The van der Waals surface area contributed by atoms with E-state index in [0.29, 0.717) is 6.04 Å². The summed E-state index contributed by atoms with van der Waals surface area (Å²) in [5, 5.41) is 11.2. The van der Waals surface area contributed by atoms with Crippen molar-refractivity contribution in [2.45, 2.75) is 26.1 Å². The molecule has 0 spiro atoms. The first kappa shape index (κ1) is 9.61. The Kier molecular flexibility index (Phi) is 2.79. The summed E-state index contributed by atoms with van der Waals surface area (Å²) in [5.41, 5.74) is 0. The van der Waals surface area contributed by atoms with Crippen molar-refractivity contribution >= 4 is 0 Å². The topological polar surface area (TPSA) is 46.0 Å². The van der Waals surface area contributed by atoms with E-state index in [2.05, 4.69) is 31.9 Å². The Balaban J connectivity index is 1.94. The zero-order valence-electron chi connectivity index (χ0n) is 8.77. The van der Waals surface area contributed by atoms with E-state index in [0.717, 1.165) is 32.0 Å². The van der Waals surface area contributed by atoms with Crippen LogP contribution < -0.4 is 5.32 Å². The molecule has 2 rings (SSSR count). The van der Waals surface area contributed by atoms with Gasteiger partial charge in [0, 0.05) is 25.7 Å². The molecule has 2 heterocycles. The van der Waals surface area contributed by atoms with E-state index in [1.165, 1.54) is 0 Å². The number of hydrogen-bond donors (Lipinski definition) is 1. The van der Waals surface area contributed by atoms with Gasteiger partial charge in [-0.05, 0) is 14.0 Å². The smallest absolute Gasteiger partial charge is 0.147 e. The van der Waals surface area contributed by atoms with Crippen LogP contribution in [-0.2, 0) is 13.1 Å². The van der Waals surface area contributed by atoms with Crippen LogP contribution in [-0.4, -0.2) is 45.8 Å². The van der Waals surface area contributed by atoms with Gasteiger partial charge in [0.2, 0.25) is 0 Å². The Morgan fingerprint density at radius 1 is 1.57 bits per heavy atom. The van der Waals surface area contributed by atoms with Crippen molar-refractivity contribution in [3.05, 3.63) is 12.2 Å². The lowest BCUT2D eigenvalue weighted by Gasteiger charge is -2.29. The molecule has 1 N–H and O–H groups in total. The number of nitrogens with one attached hydrogen (secondary N) is 1. The van der Waals surface area contributed by atoms with E-state index in [1.807, 2.05) is 13.4 Å². The fourth-order valence-corrected chi connectivity index (χ4v) is 1.75. The quantitative estimate of drug-likeness (QED) is 0.719. The van der Waals surface area contributed by atoms with Crippen molar-refractivity contribution in [2.75, 3.05) is 20.1 Å². The van der Waals surface area contributed by atoms with Gasteiger partial charge in [-0.3, -0.25) is 4.90 Å². The predicted octanol–water partition coefficient (Wildman–Crippen LogP) is -0.298. The predicted molar refractivity (Wildman–Crippen MR) is 53.8 cm³/mol. The van der Waals surface area contributed by atoms with Crippen molar-refractivity contribution in [1.82, 2.24) is 25.0 Å². The van der Waals surface area contributed by atoms with Gasteiger partial charge < -0.3 is 9.88 Å². The first-order chi connectivity index (χ1) is 6.79. The van der Waals surface area contributed by atoms with Crippen molar-refractivity contribution in [3.63, 3.8) is 0 Å². The molecule has 0 saturated heterocycles. The van der Waals surface area contributed by atoms with E-state index >= 15 is 0 Å². The summed E-state index contributed by atoms with van der Waals surface area (Å²) in [7, 11) is 2.00. The lowest BCUT2D eigenvalue weighted by molar-refractivity contribution is 0.201. The Bertz CT molecular complexity index is 295. The van der Waals surface area contributed by atoms with Crippen LogP contribution in [0, 0.1) is 0 Å². The fourth-order valence-electron chi connectivity index (χ4n) is 1.75. The average Bonchev–Trinajstić information content (AvgIpc) is 2.64. The summed E-state index contributed by atoms with van der Waals surface area (Å²) < 4.78 is 2.13. The number of nitrogens with zero attached hydrogens (tertiary/aromatic N) is 4. The molecule has 78 valence electrons. The highest BCUT2D eigenvalue weighted by molar-refractivity contribution is 4.90. The molecule has 1 unspecified atom stereocenters. The van der Waals surface area contributed by atoms with Gasteiger partial charge in [0.25, 0.3) is 0 Å². The summed E-state index contributed by atoms with van der Waals surface area (Å²) in [4.78, 5) is 2.41. The van der Waals surface area contributed by atoms with E-state index in [-0.39, 0.29) is 0 Å². The Hall–Kier alpha value is -0.940. The van der Waals surface area contributed by atoms with E-state index in [1.54, 1.807) is 0 Å². The summed E-state index contributed by atoms with van der Waals surface area (Å²) in [5.74, 6) is 1.08. The zero-order chi connectivity index (χ0) is 9.97. The third-order valence-electron chi connectivity index (χ3n) is 2.74. The van der Waals surface area contributed by atoms with Crippen LogP contribution in [0.2, 0.25) is 0 Å². The van der Waals surface area contributed by atoms with Gasteiger partial charge in [-0.1, -0.05) is 0 Å². The van der Waals surface area contributed by atoms with E-state index in [9.17, 15) is 0 Å². The number of likely N-dealkylation sites (N-methyl/N-ethyl adjacent to an activating group) is 1. The third kappa shape index (κ3) is 1.93. The molecule has 0 bridgehead atoms. The number of aromatic nitrogens is 3. The minimum Gasteiger partial charge on any atom is -0.316 e. The molecule has 1 aromatic rings. The van der Waals surface area contributed by atoms with Gasteiger partial charge in [0.15, 0.2) is 0 Å². The number of hydrogen-bond acceptors (Lipinski definition) is 4. The Labute approximate surface area is 84.1 Å². The molecule has 1 atom stereocenters. The lowest BCUT2D eigenvalue weighted by Crippen LogP contribution is -2.41. The Morgan fingerprint density at radius 2 is 2.43 bits per heavy atom. The van der Waals surface area contributed by atoms with Crippen molar-refractivity contribution in [2.24, 2.45) is 0 Å². The zero-order valence-corrected chi connectivity index (χ0v) is 8.77. The highest BCUT2D eigenvalue weighted by Gasteiger charge is 2.18. The lowest BCUT2D eigenvalue weighted by atomic mass is 10.2. The molecule has 5 nitrogen and oxygen atoms in total. The van der Waals surface area contributed by atoms with E-state index in [4.69, 9.17) is 0 Å². The second-order valence-corrected chi connectivity index (χ2v) is 3.87. The molecule has 0 aliphatic carbocycles. The molecule has 5 heteroatoms. The number of rotatable bonds is 3. The average molecular weight is 195 g/mol. The largest absolute Gasteiger partial charge is 0.316 e. The fraction of sp³-hybridized carbons (Fsp3) is 0.778. The summed E-state index contributed by atoms with van der Waals surface area (Å²) in [6, 6.07) is 0.532.